The Labute approximate surface area is 139 Å². The fourth-order valence-corrected chi connectivity index (χ4v) is 2.28. The molecule has 1 atom stereocenters. The van der Waals surface area contributed by atoms with Crippen LogP contribution in [0.3, 0.4) is 0 Å². The van der Waals surface area contributed by atoms with Crippen molar-refractivity contribution in [1.82, 2.24) is 9.88 Å². The van der Waals surface area contributed by atoms with Gasteiger partial charge in [-0.15, -0.1) is 0 Å². The molecule has 22 heavy (non-hydrogen) atoms. The van der Waals surface area contributed by atoms with Crippen molar-refractivity contribution >= 4 is 21.8 Å². The molecule has 1 heterocycles. The topological polar surface area (TPSA) is 42.4 Å². The van der Waals surface area contributed by atoms with Crippen molar-refractivity contribution in [3.63, 3.8) is 0 Å². The Morgan fingerprint density at radius 1 is 1.27 bits per heavy atom. The third-order valence-corrected chi connectivity index (χ3v) is 3.81. The predicted molar refractivity (Wildman–Crippen MR) is 89.8 cm³/mol. The van der Waals surface area contributed by atoms with Gasteiger partial charge in [-0.1, -0.05) is 22.0 Å². The van der Waals surface area contributed by atoms with Gasteiger partial charge in [0.05, 0.1) is 0 Å². The zero-order valence-electron chi connectivity index (χ0n) is 12.7. The van der Waals surface area contributed by atoms with E-state index in [9.17, 15) is 4.79 Å². The minimum Gasteiger partial charge on any atom is -0.481 e. The average molecular weight is 363 g/mol. The Morgan fingerprint density at radius 2 is 2.00 bits per heavy atom. The van der Waals surface area contributed by atoms with Crippen LogP contribution >= 0.6 is 15.9 Å². The fourth-order valence-electron chi connectivity index (χ4n) is 2.02. The number of hydrogen-bond donors (Lipinski definition) is 0. The summed E-state index contributed by atoms with van der Waals surface area (Å²) in [5.41, 5.74) is 0.976. The van der Waals surface area contributed by atoms with Crippen LogP contribution in [-0.2, 0) is 11.2 Å². The van der Waals surface area contributed by atoms with Crippen LogP contribution in [0.25, 0.3) is 0 Å². The number of ether oxygens (including phenoxy) is 1. The molecule has 1 unspecified atom stereocenters. The molecular formula is C17H19BrN2O2. The molecule has 0 bridgehead atoms. The molecule has 0 N–H and O–H groups in total. The molecule has 0 saturated heterocycles. The van der Waals surface area contributed by atoms with Crippen LogP contribution in [0.4, 0.5) is 0 Å². The van der Waals surface area contributed by atoms with Crippen molar-refractivity contribution in [2.45, 2.75) is 19.4 Å². The van der Waals surface area contributed by atoms with Gasteiger partial charge in [-0.3, -0.25) is 9.78 Å². The number of likely N-dealkylation sites (N-methyl/N-ethyl adjacent to an activating group) is 1. The van der Waals surface area contributed by atoms with E-state index in [1.165, 1.54) is 0 Å². The maximum absolute atomic E-state index is 12.3. The maximum Gasteiger partial charge on any atom is 0.263 e. The molecule has 2 aromatic rings. The van der Waals surface area contributed by atoms with Gasteiger partial charge in [0.2, 0.25) is 0 Å². The number of hydrogen-bond acceptors (Lipinski definition) is 3. The monoisotopic (exact) mass is 362 g/mol. The minimum atomic E-state index is -0.519. The Balaban J connectivity index is 1.85. The molecule has 0 aliphatic rings. The van der Waals surface area contributed by atoms with Crippen LogP contribution in [0.1, 0.15) is 12.6 Å². The van der Waals surface area contributed by atoms with Crippen molar-refractivity contribution < 1.29 is 9.53 Å². The van der Waals surface area contributed by atoms with E-state index in [1.807, 2.05) is 42.5 Å². The zero-order chi connectivity index (χ0) is 15.9. The van der Waals surface area contributed by atoms with Crippen molar-refractivity contribution in [1.29, 1.82) is 0 Å². The summed E-state index contributed by atoms with van der Waals surface area (Å²) in [6.45, 7) is 2.38. The predicted octanol–water partition coefficient (Wildman–Crippen LogP) is 3.31. The van der Waals surface area contributed by atoms with Crippen LogP contribution in [0.5, 0.6) is 5.75 Å². The van der Waals surface area contributed by atoms with E-state index in [1.54, 1.807) is 25.1 Å². The Morgan fingerprint density at radius 3 is 2.64 bits per heavy atom. The summed E-state index contributed by atoms with van der Waals surface area (Å²) >= 11 is 3.37. The highest BCUT2D eigenvalue weighted by Gasteiger charge is 2.19. The van der Waals surface area contributed by atoms with E-state index in [0.717, 1.165) is 16.6 Å². The minimum absolute atomic E-state index is 0.0427. The largest absolute Gasteiger partial charge is 0.481 e. The molecule has 4 nitrogen and oxygen atoms in total. The number of halogens is 1. The Bertz CT molecular complexity index is 602. The molecule has 1 aromatic heterocycles. The number of amides is 1. The number of carbonyl (C=O) groups excluding carboxylic acids is 1. The normalized spacial score (nSPS) is 11.8. The molecule has 0 saturated carbocycles. The Kier molecular flexibility index (Phi) is 5.95. The quantitative estimate of drug-likeness (QED) is 0.791. The molecule has 0 aliphatic heterocycles. The highest BCUT2D eigenvalue weighted by Crippen LogP contribution is 2.17. The number of carbonyl (C=O) groups is 1. The van der Waals surface area contributed by atoms with Gasteiger partial charge in [0.15, 0.2) is 6.10 Å². The van der Waals surface area contributed by atoms with Crippen LogP contribution in [0.15, 0.2) is 53.1 Å². The summed E-state index contributed by atoms with van der Waals surface area (Å²) in [5, 5.41) is 0. The summed E-state index contributed by atoms with van der Waals surface area (Å²) < 4.78 is 6.65. The van der Waals surface area contributed by atoms with Gasteiger partial charge >= 0.3 is 0 Å². The first-order valence-corrected chi connectivity index (χ1v) is 7.92. The lowest BCUT2D eigenvalue weighted by molar-refractivity contribution is -0.136. The summed E-state index contributed by atoms with van der Waals surface area (Å²) in [5.74, 6) is 0.640. The molecule has 0 radical (unpaired) electrons. The van der Waals surface area contributed by atoms with E-state index < -0.39 is 6.10 Å². The van der Waals surface area contributed by atoms with Gasteiger partial charge in [0.1, 0.15) is 5.75 Å². The summed E-state index contributed by atoms with van der Waals surface area (Å²) in [7, 11) is 1.78. The summed E-state index contributed by atoms with van der Waals surface area (Å²) in [4.78, 5) is 18.2. The maximum atomic E-state index is 12.3. The summed E-state index contributed by atoms with van der Waals surface area (Å²) in [6, 6.07) is 13.2. The standard InChI is InChI=1S/C17H19BrN2O2/c1-13(22-16-8-6-14(18)7-9-16)17(21)20(2)12-10-15-5-3-4-11-19-15/h3-9,11,13H,10,12H2,1-2H3. The lowest BCUT2D eigenvalue weighted by Gasteiger charge is -2.22. The molecule has 2 rings (SSSR count). The van der Waals surface area contributed by atoms with Crippen LogP contribution in [0.2, 0.25) is 0 Å². The van der Waals surface area contributed by atoms with E-state index in [4.69, 9.17) is 4.74 Å². The SMILES string of the molecule is CC(Oc1ccc(Br)cc1)C(=O)N(C)CCc1ccccn1. The molecule has 5 heteroatoms. The third kappa shape index (κ3) is 4.84. The summed E-state index contributed by atoms with van der Waals surface area (Å²) in [6.07, 6.45) is 1.97. The first kappa shape index (κ1) is 16.5. The van der Waals surface area contributed by atoms with Crippen molar-refractivity contribution in [2.75, 3.05) is 13.6 Å². The Hall–Kier alpha value is -1.88. The lowest BCUT2D eigenvalue weighted by Crippen LogP contribution is -2.39. The number of nitrogens with zero attached hydrogens (tertiary/aromatic N) is 2. The highest BCUT2D eigenvalue weighted by atomic mass is 79.9. The van der Waals surface area contributed by atoms with E-state index in [0.29, 0.717) is 12.3 Å². The highest BCUT2D eigenvalue weighted by molar-refractivity contribution is 9.10. The van der Waals surface area contributed by atoms with Crippen molar-refractivity contribution in [3.8, 4) is 5.75 Å². The molecule has 0 spiro atoms. The number of pyridine rings is 1. The van der Waals surface area contributed by atoms with Gasteiger partial charge in [-0.25, -0.2) is 0 Å². The van der Waals surface area contributed by atoms with Gasteiger partial charge in [-0.05, 0) is 43.3 Å². The zero-order valence-corrected chi connectivity index (χ0v) is 14.3. The van der Waals surface area contributed by atoms with Crippen LogP contribution in [0, 0.1) is 0 Å². The second-order valence-corrected chi connectivity index (χ2v) is 5.96. The number of rotatable bonds is 6. The van der Waals surface area contributed by atoms with Gasteiger partial charge in [0, 0.05) is 36.4 Å². The molecular weight excluding hydrogens is 344 g/mol. The molecule has 1 amide bonds. The molecule has 1 aromatic carbocycles. The fraction of sp³-hybridized carbons (Fsp3) is 0.294. The van der Waals surface area contributed by atoms with Gasteiger partial charge < -0.3 is 9.64 Å². The molecule has 0 aliphatic carbocycles. The van der Waals surface area contributed by atoms with E-state index in [-0.39, 0.29) is 5.91 Å². The van der Waals surface area contributed by atoms with E-state index in [2.05, 4.69) is 20.9 Å². The van der Waals surface area contributed by atoms with Gasteiger partial charge in [-0.2, -0.15) is 0 Å². The van der Waals surface area contributed by atoms with Crippen molar-refractivity contribution in [2.24, 2.45) is 0 Å². The van der Waals surface area contributed by atoms with E-state index >= 15 is 0 Å². The first-order valence-electron chi connectivity index (χ1n) is 7.13. The van der Waals surface area contributed by atoms with Gasteiger partial charge in [0.25, 0.3) is 5.91 Å². The first-order chi connectivity index (χ1) is 10.6. The average Bonchev–Trinajstić information content (AvgIpc) is 2.55. The second kappa shape index (κ2) is 7.94. The smallest absolute Gasteiger partial charge is 0.263 e. The molecule has 116 valence electrons. The number of aromatic nitrogens is 1. The van der Waals surface area contributed by atoms with Crippen LogP contribution < -0.4 is 4.74 Å². The third-order valence-electron chi connectivity index (χ3n) is 3.28. The van der Waals surface area contributed by atoms with Crippen LogP contribution in [-0.4, -0.2) is 35.5 Å². The lowest BCUT2D eigenvalue weighted by atomic mass is 10.2. The number of benzene rings is 1. The second-order valence-electron chi connectivity index (χ2n) is 5.04. The van der Waals surface area contributed by atoms with Crippen molar-refractivity contribution in [3.05, 3.63) is 58.8 Å². The molecule has 0 fully saturated rings.